The van der Waals surface area contributed by atoms with Gasteiger partial charge >= 0.3 is 6.18 Å². The molecule has 8 heteroatoms. The Labute approximate surface area is 136 Å². The number of anilines is 2. The summed E-state index contributed by atoms with van der Waals surface area (Å²) in [6.07, 6.45) is -8.38. The number of ether oxygens (including phenoxy) is 1. The number of halogens is 3. The zero-order chi connectivity index (χ0) is 18.1. The molecule has 2 aromatic rings. The second-order valence-electron chi connectivity index (χ2n) is 5.30. The monoisotopic (exact) mass is 342 g/mol. The van der Waals surface area contributed by atoms with Gasteiger partial charge in [-0.15, -0.1) is 0 Å². The molecule has 5 nitrogen and oxygen atoms in total. The predicted octanol–water partition coefficient (Wildman–Crippen LogP) is 3.29. The average Bonchev–Trinajstić information content (AvgIpc) is 2.49. The molecule has 0 radical (unpaired) electrons. The fraction of sp³-hybridized carbons (Fsp3) is 0.250. The minimum atomic E-state index is -4.84. The highest BCUT2D eigenvalue weighted by Gasteiger charge is 2.40. The summed E-state index contributed by atoms with van der Waals surface area (Å²) in [4.78, 5) is 0. The molecule has 0 spiro atoms. The summed E-state index contributed by atoms with van der Waals surface area (Å²) < 4.78 is 43.5. The van der Waals surface area contributed by atoms with Crippen LogP contribution in [0.1, 0.15) is 30.3 Å². The minimum Gasteiger partial charge on any atom is -0.457 e. The third-order valence-electron chi connectivity index (χ3n) is 3.41. The van der Waals surface area contributed by atoms with Crippen molar-refractivity contribution >= 4 is 11.4 Å². The fourth-order valence-electron chi connectivity index (χ4n) is 2.14. The van der Waals surface area contributed by atoms with Gasteiger partial charge in [-0.25, -0.2) is 0 Å². The van der Waals surface area contributed by atoms with E-state index < -0.39 is 23.9 Å². The van der Waals surface area contributed by atoms with Crippen molar-refractivity contribution in [3.63, 3.8) is 0 Å². The van der Waals surface area contributed by atoms with E-state index in [9.17, 15) is 23.4 Å². The molecule has 0 aliphatic rings. The number of nitrogens with two attached hydrogens (primary N) is 2. The molecule has 24 heavy (non-hydrogen) atoms. The van der Waals surface area contributed by atoms with E-state index >= 15 is 0 Å². The van der Waals surface area contributed by atoms with Crippen LogP contribution in [0.4, 0.5) is 24.5 Å². The predicted molar refractivity (Wildman–Crippen MR) is 83.4 cm³/mol. The summed E-state index contributed by atoms with van der Waals surface area (Å²) in [7, 11) is 0. The van der Waals surface area contributed by atoms with Gasteiger partial charge < -0.3 is 26.4 Å². The molecule has 2 aromatic carbocycles. The fourth-order valence-corrected chi connectivity index (χ4v) is 2.14. The molecule has 2 unspecified atom stereocenters. The molecule has 0 saturated carbocycles. The summed E-state index contributed by atoms with van der Waals surface area (Å²) in [6, 6.07) is 8.12. The molecular formula is C16H17F3N2O3. The van der Waals surface area contributed by atoms with Crippen LogP contribution in [0.3, 0.4) is 0 Å². The normalized spacial score (nSPS) is 14.2. The van der Waals surface area contributed by atoms with Crippen LogP contribution < -0.4 is 16.2 Å². The van der Waals surface area contributed by atoms with Crippen LogP contribution >= 0.6 is 0 Å². The molecule has 2 atom stereocenters. The Morgan fingerprint density at radius 3 is 1.83 bits per heavy atom. The summed E-state index contributed by atoms with van der Waals surface area (Å²) in [6.45, 7) is 1.52. The first-order valence-electron chi connectivity index (χ1n) is 6.99. The Hall–Kier alpha value is -2.45. The molecule has 0 aromatic heterocycles. The summed E-state index contributed by atoms with van der Waals surface area (Å²) >= 11 is 0. The van der Waals surface area contributed by atoms with Crippen molar-refractivity contribution in [3.8, 4) is 11.5 Å². The van der Waals surface area contributed by atoms with Gasteiger partial charge in [0.05, 0.1) is 6.10 Å². The maximum atomic E-state index is 12.7. The van der Waals surface area contributed by atoms with E-state index in [4.69, 9.17) is 16.2 Å². The van der Waals surface area contributed by atoms with Crippen LogP contribution in [0.2, 0.25) is 0 Å². The van der Waals surface area contributed by atoms with Crippen LogP contribution in [0.5, 0.6) is 11.5 Å². The Balaban J connectivity index is 2.33. The van der Waals surface area contributed by atoms with Crippen molar-refractivity contribution < 1.29 is 28.1 Å². The van der Waals surface area contributed by atoms with E-state index in [0.29, 0.717) is 11.3 Å². The maximum Gasteiger partial charge on any atom is 0.418 e. The van der Waals surface area contributed by atoms with E-state index in [0.717, 1.165) is 6.07 Å². The lowest BCUT2D eigenvalue weighted by molar-refractivity contribution is -0.206. The molecule has 0 amide bonds. The second-order valence-corrected chi connectivity index (χ2v) is 5.30. The molecule has 0 bridgehead atoms. The number of hydrogen-bond donors (Lipinski definition) is 4. The lowest BCUT2D eigenvalue weighted by Crippen LogP contribution is -2.21. The van der Waals surface area contributed by atoms with Gasteiger partial charge in [-0.1, -0.05) is 0 Å². The highest BCUT2D eigenvalue weighted by atomic mass is 19.4. The van der Waals surface area contributed by atoms with Crippen molar-refractivity contribution in [3.05, 3.63) is 47.5 Å². The van der Waals surface area contributed by atoms with Gasteiger partial charge in [-0.2, -0.15) is 13.2 Å². The zero-order valence-electron chi connectivity index (χ0n) is 12.7. The first-order chi connectivity index (χ1) is 11.1. The first kappa shape index (κ1) is 17.9. The Morgan fingerprint density at radius 1 is 0.917 bits per heavy atom. The molecule has 0 fully saturated rings. The van der Waals surface area contributed by atoms with Crippen molar-refractivity contribution in [1.29, 1.82) is 0 Å². The third-order valence-corrected chi connectivity index (χ3v) is 3.41. The SMILES string of the molecule is CC(O)c1cc(Oc2ccc(N)c(C(O)C(F)(F)F)c2)ccc1N. The highest BCUT2D eigenvalue weighted by molar-refractivity contribution is 5.54. The third kappa shape index (κ3) is 3.90. The second kappa shape index (κ2) is 6.58. The van der Waals surface area contributed by atoms with Gasteiger partial charge in [0.25, 0.3) is 0 Å². The topological polar surface area (TPSA) is 102 Å². The van der Waals surface area contributed by atoms with Crippen molar-refractivity contribution in [1.82, 2.24) is 0 Å². The van der Waals surface area contributed by atoms with Crippen LogP contribution in [-0.4, -0.2) is 16.4 Å². The number of aliphatic hydroxyl groups is 2. The van der Waals surface area contributed by atoms with Crippen LogP contribution in [0.15, 0.2) is 36.4 Å². The summed E-state index contributed by atoms with van der Waals surface area (Å²) in [5, 5.41) is 19.0. The van der Waals surface area contributed by atoms with E-state index in [-0.39, 0.29) is 17.2 Å². The Morgan fingerprint density at radius 2 is 1.38 bits per heavy atom. The lowest BCUT2D eigenvalue weighted by atomic mass is 10.1. The molecule has 0 heterocycles. The number of aliphatic hydroxyl groups excluding tert-OH is 2. The number of hydrogen-bond acceptors (Lipinski definition) is 5. The lowest BCUT2D eigenvalue weighted by Gasteiger charge is -2.18. The smallest absolute Gasteiger partial charge is 0.418 e. The summed E-state index contributed by atoms with van der Waals surface area (Å²) in [5.41, 5.74) is 11.3. The molecular weight excluding hydrogens is 325 g/mol. The van der Waals surface area contributed by atoms with Gasteiger partial charge in [0, 0.05) is 22.5 Å². The van der Waals surface area contributed by atoms with Crippen molar-refractivity contribution in [2.75, 3.05) is 11.5 Å². The average molecular weight is 342 g/mol. The molecule has 0 aliphatic carbocycles. The largest absolute Gasteiger partial charge is 0.457 e. The quantitative estimate of drug-likeness (QED) is 0.639. The van der Waals surface area contributed by atoms with Crippen molar-refractivity contribution in [2.24, 2.45) is 0 Å². The molecule has 6 N–H and O–H groups in total. The van der Waals surface area contributed by atoms with E-state index in [1.807, 2.05) is 0 Å². The van der Waals surface area contributed by atoms with Gasteiger partial charge in [-0.3, -0.25) is 0 Å². The molecule has 2 rings (SSSR count). The van der Waals surface area contributed by atoms with Gasteiger partial charge in [0.1, 0.15) is 11.5 Å². The molecule has 0 saturated heterocycles. The van der Waals surface area contributed by atoms with E-state index in [2.05, 4.69) is 0 Å². The van der Waals surface area contributed by atoms with E-state index in [1.165, 1.54) is 37.3 Å². The standard InChI is InChI=1S/C16H17F3N2O3/c1-8(22)11-6-9(2-4-13(11)20)24-10-3-5-14(21)12(7-10)15(23)16(17,18)19/h2-8,15,22-23H,20-21H2,1H3. The van der Waals surface area contributed by atoms with Gasteiger partial charge in [0.15, 0.2) is 6.10 Å². The van der Waals surface area contributed by atoms with Crippen molar-refractivity contribution in [2.45, 2.75) is 25.3 Å². The first-order valence-corrected chi connectivity index (χ1v) is 6.99. The number of rotatable bonds is 4. The number of nitrogen functional groups attached to an aromatic ring is 2. The summed E-state index contributed by atoms with van der Waals surface area (Å²) in [5.74, 6) is 0.334. The van der Waals surface area contributed by atoms with Gasteiger partial charge in [-0.05, 0) is 43.3 Å². The Bertz CT molecular complexity index is 733. The van der Waals surface area contributed by atoms with Crippen LogP contribution in [0, 0.1) is 0 Å². The molecule has 130 valence electrons. The van der Waals surface area contributed by atoms with Crippen LogP contribution in [0.25, 0.3) is 0 Å². The minimum absolute atomic E-state index is 0.0591. The molecule has 0 aliphatic heterocycles. The Kier molecular flexibility index (Phi) is 4.91. The van der Waals surface area contributed by atoms with Gasteiger partial charge in [0.2, 0.25) is 0 Å². The van der Waals surface area contributed by atoms with E-state index in [1.54, 1.807) is 0 Å². The number of alkyl halides is 3. The number of benzene rings is 2. The van der Waals surface area contributed by atoms with Crippen LogP contribution in [-0.2, 0) is 0 Å². The zero-order valence-corrected chi connectivity index (χ0v) is 12.7. The maximum absolute atomic E-state index is 12.7. The highest BCUT2D eigenvalue weighted by Crippen LogP contribution is 2.38.